The molecule has 3 unspecified atom stereocenters. The van der Waals surface area contributed by atoms with Gasteiger partial charge in [-0.1, -0.05) is 30.3 Å². The maximum atomic E-state index is 10.1. The molecule has 0 saturated heterocycles. The number of nitrogens with zero attached hydrogens (tertiary/aromatic N) is 4. The van der Waals surface area contributed by atoms with Crippen LogP contribution in [0.15, 0.2) is 43.0 Å². The minimum atomic E-state index is -1.48. The minimum absolute atomic E-state index is 0.0370. The molecule has 3 rings (SSSR count). The van der Waals surface area contributed by atoms with Gasteiger partial charge in [-0.25, -0.2) is 15.0 Å². The highest BCUT2D eigenvalue weighted by Crippen LogP contribution is 2.19. The maximum absolute atomic E-state index is 10.1. The van der Waals surface area contributed by atoms with Crippen LogP contribution in [-0.4, -0.2) is 70.9 Å². The smallest absolute Gasteiger partial charge is 0.165 e. The predicted molar refractivity (Wildman–Crippen MR) is 104 cm³/mol. The Morgan fingerprint density at radius 2 is 1.79 bits per heavy atom. The third kappa shape index (κ3) is 4.63. The van der Waals surface area contributed by atoms with Gasteiger partial charge in [-0.2, -0.15) is 0 Å². The van der Waals surface area contributed by atoms with E-state index in [4.69, 9.17) is 5.11 Å². The summed E-state index contributed by atoms with van der Waals surface area (Å²) in [6.45, 7) is 1.37. The first kappa shape index (κ1) is 20.2. The second-order valence-corrected chi connectivity index (χ2v) is 6.83. The summed E-state index contributed by atoms with van der Waals surface area (Å²) >= 11 is 0. The molecule has 0 amide bonds. The Hall–Kier alpha value is -2.59. The number of hydrogen-bond donors (Lipinski definition) is 5. The summed E-state index contributed by atoms with van der Waals surface area (Å²) < 4.78 is 1.57. The molecule has 0 aliphatic heterocycles. The van der Waals surface area contributed by atoms with Gasteiger partial charge in [0.2, 0.25) is 0 Å². The van der Waals surface area contributed by atoms with E-state index in [1.807, 2.05) is 25.1 Å². The van der Waals surface area contributed by atoms with Crippen molar-refractivity contribution in [3.05, 3.63) is 48.5 Å². The van der Waals surface area contributed by atoms with Gasteiger partial charge in [0.25, 0.3) is 0 Å². The number of fused-ring (bicyclic) bond motifs is 1. The van der Waals surface area contributed by atoms with Gasteiger partial charge in [-0.15, -0.1) is 0 Å². The second kappa shape index (κ2) is 9.07. The monoisotopic (exact) mass is 387 g/mol. The van der Waals surface area contributed by atoms with Gasteiger partial charge < -0.3 is 30.3 Å². The van der Waals surface area contributed by atoms with E-state index in [0.717, 1.165) is 6.42 Å². The summed E-state index contributed by atoms with van der Waals surface area (Å²) in [5.74, 6) is 0.581. The van der Waals surface area contributed by atoms with Gasteiger partial charge in [0.1, 0.15) is 30.2 Å². The van der Waals surface area contributed by atoms with Gasteiger partial charge in [-0.05, 0) is 18.9 Å². The summed E-state index contributed by atoms with van der Waals surface area (Å²) in [5.41, 5.74) is 2.25. The van der Waals surface area contributed by atoms with Crippen LogP contribution in [0.25, 0.3) is 11.2 Å². The van der Waals surface area contributed by atoms with Crippen molar-refractivity contribution < 1.29 is 20.4 Å². The molecule has 150 valence electrons. The van der Waals surface area contributed by atoms with Gasteiger partial charge in [0.05, 0.1) is 19.5 Å². The van der Waals surface area contributed by atoms with Crippen molar-refractivity contribution in [1.29, 1.82) is 0 Å². The first-order chi connectivity index (χ1) is 13.5. The molecule has 2 heterocycles. The van der Waals surface area contributed by atoms with Crippen LogP contribution in [0.4, 0.5) is 5.82 Å². The Morgan fingerprint density at radius 3 is 2.50 bits per heavy atom. The molecule has 3 aromatic rings. The number of imidazole rings is 1. The lowest BCUT2D eigenvalue weighted by Gasteiger charge is -2.21. The van der Waals surface area contributed by atoms with Crippen LogP contribution in [0.2, 0.25) is 0 Å². The molecule has 28 heavy (non-hydrogen) atoms. The molecule has 5 N–H and O–H groups in total. The van der Waals surface area contributed by atoms with E-state index in [-0.39, 0.29) is 12.6 Å². The van der Waals surface area contributed by atoms with Gasteiger partial charge >= 0.3 is 0 Å². The fraction of sp³-hybridized carbons (Fsp3) is 0.421. The molecule has 4 atom stereocenters. The molecule has 0 saturated carbocycles. The number of aromatic nitrogens is 4. The zero-order chi connectivity index (χ0) is 20.1. The number of benzene rings is 1. The van der Waals surface area contributed by atoms with Gasteiger partial charge in [-0.3, -0.25) is 0 Å². The fourth-order valence-electron chi connectivity index (χ4n) is 3.05. The highest BCUT2D eigenvalue weighted by Gasteiger charge is 2.25. The highest BCUT2D eigenvalue weighted by atomic mass is 16.4. The van der Waals surface area contributed by atoms with Gasteiger partial charge in [0.15, 0.2) is 11.5 Å². The summed E-state index contributed by atoms with van der Waals surface area (Å²) in [6.07, 6.45) is -0.472. The van der Waals surface area contributed by atoms with E-state index >= 15 is 0 Å². The van der Waals surface area contributed by atoms with Crippen LogP contribution in [0.5, 0.6) is 0 Å². The minimum Gasteiger partial charge on any atom is -0.394 e. The normalized spacial score (nSPS) is 15.9. The van der Waals surface area contributed by atoms with E-state index in [0.29, 0.717) is 17.0 Å². The van der Waals surface area contributed by atoms with Crippen LogP contribution >= 0.6 is 0 Å². The molecule has 9 heteroatoms. The second-order valence-electron chi connectivity index (χ2n) is 6.83. The van der Waals surface area contributed by atoms with Crippen LogP contribution in [-0.2, 0) is 13.0 Å². The molecule has 0 radical (unpaired) electrons. The molecule has 0 bridgehead atoms. The summed E-state index contributed by atoms with van der Waals surface area (Å²) in [7, 11) is 0. The average Bonchev–Trinajstić information content (AvgIpc) is 3.11. The average molecular weight is 387 g/mol. The van der Waals surface area contributed by atoms with Crippen molar-refractivity contribution in [2.24, 2.45) is 0 Å². The molecule has 0 spiro atoms. The van der Waals surface area contributed by atoms with Crippen LogP contribution < -0.4 is 5.32 Å². The number of aliphatic hydroxyl groups is 4. The van der Waals surface area contributed by atoms with E-state index in [2.05, 4.69) is 32.4 Å². The Bertz CT molecular complexity index is 888. The van der Waals surface area contributed by atoms with Crippen molar-refractivity contribution in [3.8, 4) is 0 Å². The molecular weight excluding hydrogens is 362 g/mol. The highest BCUT2D eigenvalue weighted by molar-refractivity contribution is 5.82. The zero-order valence-electron chi connectivity index (χ0n) is 15.5. The Kier molecular flexibility index (Phi) is 6.53. The van der Waals surface area contributed by atoms with Crippen molar-refractivity contribution in [2.75, 3.05) is 11.9 Å². The molecule has 1 aromatic carbocycles. The molecular formula is C19H25N5O4. The molecule has 2 aromatic heterocycles. The number of anilines is 1. The first-order valence-corrected chi connectivity index (χ1v) is 9.11. The summed E-state index contributed by atoms with van der Waals surface area (Å²) in [4.78, 5) is 12.8. The SMILES string of the molecule is C[C@H](Cc1ccccc1)Nc1ncnc2c1ncn2CC(O)C(O)C(O)CO. The quantitative estimate of drug-likeness (QED) is 0.345. The molecule has 9 nitrogen and oxygen atoms in total. The van der Waals surface area contributed by atoms with Crippen molar-refractivity contribution in [3.63, 3.8) is 0 Å². The Labute approximate surface area is 162 Å². The Balaban J connectivity index is 1.73. The lowest BCUT2D eigenvalue weighted by Crippen LogP contribution is -2.41. The van der Waals surface area contributed by atoms with Crippen LogP contribution in [0.3, 0.4) is 0 Å². The van der Waals surface area contributed by atoms with E-state index in [9.17, 15) is 15.3 Å². The van der Waals surface area contributed by atoms with E-state index in [1.54, 1.807) is 4.57 Å². The fourth-order valence-corrected chi connectivity index (χ4v) is 3.05. The first-order valence-electron chi connectivity index (χ1n) is 9.11. The number of nitrogens with one attached hydrogen (secondary N) is 1. The lowest BCUT2D eigenvalue weighted by atomic mass is 10.1. The molecule has 0 fully saturated rings. The number of rotatable bonds is 9. The maximum Gasteiger partial charge on any atom is 0.165 e. The van der Waals surface area contributed by atoms with E-state index in [1.165, 1.54) is 18.2 Å². The van der Waals surface area contributed by atoms with Crippen molar-refractivity contribution in [1.82, 2.24) is 19.5 Å². The van der Waals surface area contributed by atoms with Crippen molar-refractivity contribution in [2.45, 2.75) is 44.2 Å². The number of hydrogen-bond acceptors (Lipinski definition) is 8. The number of aliphatic hydroxyl groups excluding tert-OH is 4. The predicted octanol–water partition coefficient (Wildman–Crippen LogP) is -0.0556. The standard InChI is InChI=1S/C19H25N5O4/c1-12(7-13-5-3-2-4-6-13)23-18-16-19(21-10-20-18)24(11-22-16)8-14(26)17(28)15(27)9-25/h2-6,10-12,14-15,17,25-28H,7-9H2,1H3,(H,20,21,23)/t12-,14?,15?,17?/m1/s1. The Morgan fingerprint density at radius 1 is 1.04 bits per heavy atom. The third-order valence-corrected chi connectivity index (χ3v) is 4.53. The van der Waals surface area contributed by atoms with E-state index < -0.39 is 24.9 Å². The summed E-state index contributed by atoms with van der Waals surface area (Å²) in [6, 6.07) is 10.2. The largest absolute Gasteiger partial charge is 0.394 e. The molecule has 0 aliphatic carbocycles. The lowest BCUT2D eigenvalue weighted by molar-refractivity contribution is -0.0803. The molecule has 0 aliphatic rings. The van der Waals surface area contributed by atoms with Gasteiger partial charge in [0, 0.05) is 6.04 Å². The third-order valence-electron chi connectivity index (χ3n) is 4.53. The zero-order valence-corrected chi connectivity index (χ0v) is 15.5. The summed E-state index contributed by atoms with van der Waals surface area (Å²) in [5, 5.41) is 41.7. The van der Waals surface area contributed by atoms with Crippen LogP contribution in [0.1, 0.15) is 12.5 Å². The van der Waals surface area contributed by atoms with Crippen molar-refractivity contribution >= 4 is 17.0 Å². The topological polar surface area (TPSA) is 137 Å². The van der Waals surface area contributed by atoms with Crippen LogP contribution in [0, 0.1) is 0 Å².